The molecule has 0 saturated carbocycles. The van der Waals surface area contributed by atoms with Crippen molar-refractivity contribution in [1.82, 2.24) is 0 Å². The Balaban J connectivity index is 2.47. The smallest absolute Gasteiger partial charge is 0.185 e. The molecule has 1 aromatic carbocycles. The van der Waals surface area contributed by atoms with Gasteiger partial charge in [-0.15, -0.1) is 0 Å². The number of furan rings is 1. The second-order valence-corrected chi connectivity index (χ2v) is 4.57. The van der Waals surface area contributed by atoms with E-state index in [-0.39, 0.29) is 19.0 Å². The fraction of sp³-hybridized carbons (Fsp3) is 0.267. The quantitative estimate of drug-likeness (QED) is 0.522. The zero-order valence-electron chi connectivity index (χ0n) is 11.5. The number of aldehydes is 1. The molecule has 1 heterocycles. The van der Waals surface area contributed by atoms with Gasteiger partial charge in [-0.2, -0.15) is 0 Å². The highest BCUT2D eigenvalue weighted by Crippen LogP contribution is 2.33. The van der Waals surface area contributed by atoms with Gasteiger partial charge in [-0.25, -0.2) is 0 Å². The maximum Gasteiger partial charge on any atom is 0.185 e. The third-order valence-corrected chi connectivity index (χ3v) is 3.15. The van der Waals surface area contributed by atoms with Gasteiger partial charge < -0.3 is 25.3 Å². The molecule has 0 aliphatic carbocycles. The lowest BCUT2D eigenvalue weighted by molar-refractivity contribution is 0.110. The van der Waals surface area contributed by atoms with Gasteiger partial charge in [0.05, 0.1) is 19.5 Å². The van der Waals surface area contributed by atoms with Crippen molar-refractivity contribution < 1.29 is 19.4 Å². The first-order chi connectivity index (χ1) is 10.2. The van der Waals surface area contributed by atoms with Crippen molar-refractivity contribution in [3.63, 3.8) is 0 Å². The summed E-state index contributed by atoms with van der Waals surface area (Å²) in [6, 6.07) is 6.97. The number of nitrogen functional groups attached to an aromatic ring is 1. The monoisotopic (exact) mass is 290 g/mol. The molecule has 1 aromatic heterocycles. The highest BCUT2D eigenvalue weighted by molar-refractivity contribution is 5.83. The molecule has 0 amide bonds. The molecular weight excluding hydrogens is 272 g/mol. The molecule has 0 atom stereocenters. The van der Waals surface area contributed by atoms with Crippen LogP contribution in [0.2, 0.25) is 0 Å². The largest absolute Gasteiger partial charge is 0.461 e. The first-order valence-electron chi connectivity index (χ1n) is 6.60. The number of anilines is 2. The van der Waals surface area contributed by atoms with Crippen LogP contribution in [0.15, 0.2) is 34.9 Å². The molecule has 0 spiro atoms. The second-order valence-electron chi connectivity index (χ2n) is 4.57. The highest BCUT2D eigenvalue weighted by Gasteiger charge is 2.14. The molecule has 0 aliphatic rings. The summed E-state index contributed by atoms with van der Waals surface area (Å²) in [4.78, 5) is 12.6. The van der Waals surface area contributed by atoms with Crippen LogP contribution < -0.4 is 10.6 Å². The molecule has 0 aliphatic heterocycles. The van der Waals surface area contributed by atoms with Gasteiger partial charge in [0, 0.05) is 35.6 Å². The zero-order chi connectivity index (χ0) is 15.2. The van der Waals surface area contributed by atoms with Gasteiger partial charge >= 0.3 is 0 Å². The van der Waals surface area contributed by atoms with Crippen LogP contribution in [0.3, 0.4) is 0 Å². The molecule has 6 heteroatoms. The number of benzene rings is 1. The second kappa shape index (κ2) is 6.92. The highest BCUT2D eigenvalue weighted by atomic mass is 16.3. The minimum absolute atomic E-state index is 0.0329. The van der Waals surface area contributed by atoms with E-state index in [1.165, 1.54) is 6.26 Å². The maximum absolute atomic E-state index is 10.7. The Kier molecular flexibility index (Phi) is 4.97. The molecule has 6 nitrogen and oxygen atoms in total. The summed E-state index contributed by atoms with van der Waals surface area (Å²) in [6.45, 7) is 0.704. The van der Waals surface area contributed by atoms with E-state index in [9.17, 15) is 15.0 Å². The molecule has 4 N–H and O–H groups in total. The van der Waals surface area contributed by atoms with Crippen LogP contribution in [-0.4, -0.2) is 42.8 Å². The summed E-state index contributed by atoms with van der Waals surface area (Å²) >= 11 is 0. The van der Waals surface area contributed by atoms with Gasteiger partial charge in [0.15, 0.2) is 12.0 Å². The third kappa shape index (κ3) is 3.42. The topological polar surface area (TPSA) is 99.9 Å². The van der Waals surface area contributed by atoms with Crippen LogP contribution in [0.5, 0.6) is 0 Å². The van der Waals surface area contributed by atoms with Gasteiger partial charge in [0.25, 0.3) is 0 Å². The number of hydrogen-bond acceptors (Lipinski definition) is 6. The van der Waals surface area contributed by atoms with Gasteiger partial charge in [0.1, 0.15) is 0 Å². The van der Waals surface area contributed by atoms with Crippen molar-refractivity contribution in [3.05, 3.63) is 36.3 Å². The molecule has 0 unspecified atom stereocenters. The van der Waals surface area contributed by atoms with Crippen molar-refractivity contribution in [1.29, 1.82) is 0 Å². The van der Waals surface area contributed by atoms with Crippen LogP contribution in [0, 0.1) is 0 Å². The predicted octanol–water partition coefficient (Wildman–Crippen LogP) is 1.13. The Hall–Kier alpha value is -2.31. The number of rotatable bonds is 7. The number of aliphatic hydroxyl groups excluding tert-OH is 2. The van der Waals surface area contributed by atoms with Crippen molar-refractivity contribution in [2.45, 2.75) is 0 Å². The third-order valence-electron chi connectivity index (χ3n) is 3.15. The summed E-state index contributed by atoms with van der Waals surface area (Å²) in [5, 5.41) is 18.3. The van der Waals surface area contributed by atoms with Crippen LogP contribution >= 0.6 is 0 Å². The van der Waals surface area contributed by atoms with E-state index in [0.29, 0.717) is 25.1 Å². The molecule has 0 saturated heterocycles. The summed E-state index contributed by atoms with van der Waals surface area (Å²) in [5.41, 5.74) is 8.73. The van der Waals surface area contributed by atoms with E-state index < -0.39 is 0 Å². The molecule has 21 heavy (non-hydrogen) atoms. The van der Waals surface area contributed by atoms with Crippen molar-refractivity contribution in [3.8, 4) is 11.1 Å². The molecule has 2 rings (SSSR count). The lowest BCUT2D eigenvalue weighted by Gasteiger charge is -2.25. The Bertz CT molecular complexity index is 603. The first kappa shape index (κ1) is 15.1. The normalized spacial score (nSPS) is 10.6. The van der Waals surface area contributed by atoms with E-state index in [0.717, 1.165) is 16.8 Å². The molecule has 112 valence electrons. The lowest BCUT2D eigenvalue weighted by Crippen LogP contribution is -2.30. The van der Waals surface area contributed by atoms with E-state index in [1.807, 2.05) is 11.0 Å². The molecular formula is C15H18N2O4. The lowest BCUT2D eigenvalue weighted by atomic mass is 10.0. The molecule has 2 aromatic rings. The van der Waals surface area contributed by atoms with E-state index in [4.69, 9.17) is 10.2 Å². The average Bonchev–Trinajstić information content (AvgIpc) is 2.96. The van der Waals surface area contributed by atoms with Gasteiger partial charge in [-0.1, -0.05) is 0 Å². The summed E-state index contributed by atoms with van der Waals surface area (Å²) in [6.07, 6.45) is 2.12. The summed E-state index contributed by atoms with van der Waals surface area (Å²) < 4.78 is 5.14. The number of aliphatic hydroxyl groups is 2. The molecule has 0 fully saturated rings. The van der Waals surface area contributed by atoms with Gasteiger partial charge in [0.2, 0.25) is 0 Å². The Morgan fingerprint density at radius 2 is 1.90 bits per heavy atom. The minimum Gasteiger partial charge on any atom is -0.461 e. The van der Waals surface area contributed by atoms with Gasteiger partial charge in [-0.05, 0) is 24.3 Å². The molecule has 0 radical (unpaired) electrons. The SMILES string of the molecule is Nc1ccc(N(CCO)CCO)c(-c2coc(C=O)c2)c1. The fourth-order valence-corrected chi connectivity index (χ4v) is 2.21. The van der Waals surface area contributed by atoms with Crippen LogP contribution in [0.4, 0.5) is 11.4 Å². The number of carbonyl (C=O) groups is 1. The van der Waals surface area contributed by atoms with E-state index >= 15 is 0 Å². The number of nitrogens with two attached hydrogens (primary N) is 1. The number of nitrogens with zero attached hydrogens (tertiary/aromatic N) is 1. The standard InChI is InChI=1S/C15H18N2O4/c16-12-1-2-15(17(3-5-18)4-6-19)14(8-12)11-7-13(9-20)21-10-11/h1-2,7-10,18-19H,3-6,16H2. The number of hydrogen-bond donors (Lipinski definition) is 3. The summed E-state index contributed by atoms with van der Waals surface area (Å²) in [7, 11) is 0. The van der Waals surface area contributed by atoms with Crippen LogP contribution in [-0.2, 0) is 0 Å². The van der Waals surface area contributed by atoms with Crippen molar-refractivity contribution in [2.24, 2.45) is 0 Å². The van der Waals surface area contributed by atoms with Crippen molar-refractivity contribution >= 4 is 17.7 Å². The minimum atomic E-state index is -0.0329. The predicted molar refractivity (Wildman–Crippen MR) is 80.3 cm³/mol. The van der Waals surface area contributed by atoms with Gasteiger partial charge in [-0.3, -0.25) is 4.79 Å². The number of carbonyl (C=O) groups excluding carboxylic acids is 1. The zero-order valence-corrected chi connectivity index (χ0v) is 11.5. The Morgan fingerprint density at radius 1 is 1.19 bits per heavy atom. The summed E-state index contributed by atoms with van der Waals surface area (Å²) in [5.74, 6) is 0.231. The first-order valence-corrected chi connectivity index (χ1v) is 6.60. The Morgan fingerprint density at radius 3 is 2.48 bits per heavy atom. The van der Waals surface area contributed by atoms with Crippen molar-refractivity contribution in [2.75, 3.05) is 36.9 Å². The van der Waals surface area contributed by atoms with Crippen LogP contribution in [0.1, 0.15) is 10.6 Å². The average molecular weight is 290 g/mol. The Labute approximate surface area is 122 Å². The fourth-order valence-electron chi connectivity index (χ4n) is 2.21. The van der Waals surface area contributed by atoms with E-state index in [2.05, 4.69) is 0 Å². The van der Waals surface area contributed by atoms with Crippen LogP contribution in [0.25, 0.3) is 11.1 Å². The maximum atomic E-state index is 10.7. The molecule has 0 bridgehead atoms. The van der Waals surface area contributed by atoms with E-state index in [1.54, 1.807) is 18.2 Å².